The Morgan fingerprint density at radius 1 is 1.33 bits per heavy atom. The molecule has 1 fully saturated rings. The number of carbonyl (C=O) groups excluding carboxylic acids is 1. The van der Waals surface area contributed by atoms with Gasteiger partial charge in [0.1, 0.15) is 11.6 Å². The maximum Gasteiger partial charge on any atom is 0.323 e. The Hall–Kier alpha value is -0.770. The van der Waals surface area contributed by atoms with E-state index >= 15 is 0 Å². The Morgan fingerprint density at radius 3 is 2.67 bits per heavy atom. The van der Waals surface area contributed by atoms with Crippen LogP contribution in [-0.4, -0.2) is 29.1 Å². The van der Waals surface area contributed by atoms with Gasteiger partial charge in [0.15, 0.2) is 0 Å². The predicted molar refractivity (Wildman–Crippen MR) is 85.7 cm³/mol. The third-order valence-corrected chi connectivity index (χ3v) is 4.15. The van der Waals surface area contributed by atoms with Crippen molar-refractivity contribution in [1.82, 2.24) is 4.90 Å². The highest BCUT2D eigenvalue weighted by atomic mass is 35.5. The molecule has 0 unspecified atom stereocenters. The van der Waals surface area contributed by atoms with Crippen LogP contribution in [0.15, 0.2) is 18.2 Å². The third-order valence-electron chi connectivity index (χ3n) is 3.41. The van der Waals surface area contributed by atoms with E-state index in [4.69, 9.17) is 27.9 Å². The van der Waals surface area contributed by atoms with Crippen molar-refractivity contribution in [3.8, 4) is 0 Å². The molecule has 0 saturated carbocycles. The summed E-state index contributed by atoms with van der Waals surface area (Å²) in [7, 11) is 0. The molecule has 21 heavy (non-hydrogen) atoms. The average Bonchev–Trinajstić information content (AvgIpc) is 2.80. The molecule has 1 heterocycles. The normalized spacial score (nSPS) is 19.8. The Labute approximate surface area is 136 Å². The summed E-state index contributed by atoms with van der Waals surface area (Å²) in [6.45, 7) is 7.25. The zero-order valence-electron chi connectivity index (χ0n) is 12.7. The third kappa shape index (κ3) is 4.60. The van der Waals surface area contributed by atoms with Gasteiger partial charge in [-0.3, -0.25) is 9.69 Å². The number of hydrogen-bond acceptors (Lipinski definition) is 3. The summed E-state index contributed by atoms with van der Waals surface area (Å²) in [6, 6.07) is 5.42. The van der Waals surface area contributed by atoms with Crippen LogP contribution in [-0.2, 0) is 16.1 Å². The molecule has 2 rings (SSSR count). The highest BCUT2D eigenvalue weighted by molar-refractivity contribution is 6.42. The number of benzene rings is 1. The van der Waals surface area contributed by atoms with Gasteiger partial charge in [0, 0.05) is 6.54 Å². The first-order chi connectivity index (χ1) is 9.76. The molecule has 5 heteroatoms. The molecule has 3 nitrogen and oxygen atoms in total. The molecule has 1 aliphatic heterocycles. The number of esters is 1. The number of nitrogens with zero attached hydrogens (tertiary/aromatic N) is 1. The molecule has 1 aromatic rings. The van der Waals surface area contributed by atoms with Crippen molar-refractivity contribution in [3.63, 3.8) is 0 Å². The zero-order chi connectivity index (χ0) is 15.6. The van der Waals surface area contributed by atoms with Crippen molar-refractivity contribution < 1.29 is 9.53 Å². The number of carbonyl (C=O) groups is 1. The van der Waals surface area contributed by atoms with E-state index in [0.29, 0.717) is 16.6 Å². The van der Waals surface area contributed by atoms with E-state index in [0.717, 1.165) is 24.9 Å². The van der Waals surface area contributed by atoms with Crippen molar-refractivity contribution in [3.05, 3.63) is 33.8 Å². The summed E-state index contributed by atoms with van der Waals surface area (Å²) >= 11 is 12.0. The Balaban J connectivity index is 2.05. The molecule has 1 saturated heterocycles. The van der Waals surface area contributed by atoms with Crippen molar-refractivity contribution in [2.45, 2.75) is 51.8 Å². The highest BCUT2D eigenvalue weighted by Crippen LogP contribution is 2.26. The number of halogens is 2. The minimum absolute atomic E-state index is 0.139. The molecule has 1 aliphatic rings. The van der Waals surface area contributed by atoms with Crippen LogP contribution in [0.3, 0.4) is 0 Å². The first-order valence-corrected chi connectivity index (χ1v) is 7.93. The quantitative estimate of drug-likeness (QED) is 0.774. The van der Waals surface area contributed by atoms with Crippen molar-refractivity contribution in [2.75, 3.05) is 6.54 Å². The Kier molecular flexibility index (Phi) is 5.18. The lowest BCUT2D eigenvalue weighted by Gasteiger charge is -2.27. The van der Waals surface area contributed by atoms with Crippen molar-refractivity contribution in [1.29, 1.82) is 0 Å². The topological polar surface area (TPSA) is 29.5 Å². The van der Waals surface area contributed by atoms with Crippen LogP contribution >= 0.6 is 23.2 Å². The van der Waals surface area contributed by atoms with Gasteiger partial charge in [0.05, 0.1) is 10.0 Å². The number of rotatable bonds is 3. The fourth-order valence-corrected chi connectivity index (χ4v) is 2.85. The van der Waals surface area contributed by atoms with E-state index in [1.54, 1.807) is 6.07 Å². The summed E-state index contributed by atoms with van der Waals surface area (Å²) in [5.74, 6) is -0.139. The lowest BCUT2D eigenvalue weighted by atomic mass is 10.1. The highest BCUT2D eigenvalue weighted by Gasteiger charge is 2.33. The summed E-state index contributed by atoms with van der Waals surface area (Å²) < 4.78 is 5.50. The van der Waals surface area contributed by atoms with Crippen LogP contribution in [0.1, 0.15) is 39.2 Å². The smallest absolute Gasteiger partial charge is 0.323 e. The summed E-state index contributed by atoms with van der Waals surface area (Å²) in [5.41, 5.74) is 0.606. The molecule has 0 N–H and O–H groups in total. The lowest BCUT2D eigenvalue weighted by Crippen LogP contribution is -2.40. The van der Waals surface area contributed by atoms with Crippen LogP contribution in [0.4, 0.5) is 0 Å². The molecule has 0 spiro atoms. The lowest BCUT2D eigenvalue weighted by molar-refractivity contribution is -0.160. The summed E-state index contributed by atoms with van der Waals surface area (Å²) in [6.07, 6.45) is 1.85. The molecule has 0 radical (unpaired) electrons. The van der Waals surface area contributed by atoms with Gasteiger partial charge in [-0.15, -0.1) is 0 Å². The Morgan fingerprint density at radius 2 is 2.05 bits per heavy atom. The van der Waals surface area contributed by atoms with Crippen LogP contribution in [0, 0.1) is 0 Å². The van der Waals surface area contributed by atoms with Crippen molar-refractivity contribution in [2.24, 2.45) is 0 Å². The molecule has 0 bridgehead atoms. The molecule has 1 aromatic carbocycles. The van der Waals surface area contributed by atoms with Gasteiger partial charge in [0.2, 0.25) is 0 Å². The van der Waals surface area contributed by atoms with Gasteiger partial charge < -0.3 is 4.74 Å². The SMILES string of the molecule is CC(C)(C)OC(=O)[C@@H]1CCCN1Cc1ccc(Cl)c(Cl)c1. The van der Waals surface area contributed by atoms with E-state index < -0.39 is 5.60 Å². The first kappa shape index (κ1) is 16.6. The average molecular weight is 330 g/mol. The first-order valence-electron chi connectivity index (χ1n) is 7.17. The predicted octanol–water partition coefficient (Wildman–Crippen LogP) is 4.30. The van der Waals surface area contributed by atoms with Crippen LogP contribution < -0.4 is 0 Å². The summed E-state index contributed by atoms with van der Waals surface area (Å²) in [5, 5.41) is 1.09. The van der Waals surface area contributed by atoms with E-state index in [-0.39, 0.29) is 12.0 Å². The largest absolute Gasteiger partial charge is 0.459 e. The van der Waals surface area contributed by atoms with E-state index in [9.17, 15) is 4.79 Å². The second kappa shape index (κ2) is 6.55. The fourth-order valence-electron chi connectivity index (χ4n) is 2.52. The number of likely N-dealkylation sites (tertiary alicyclic amines) is 1. The molecular formula is C16H21Cl2NO2. The maximum atomic E-state index is 12.3. The Bertz CT molecular complexity index is 525. The standard InChI is InChI=1S/C16H21Cl2NO2/c1-16(2,3)21-15(20)14-5-4-8-19(14)10-11-6-7-12(17)13(18)9-11/h6-7,9,14H,4-5,8,10H2,1-3H3/t14-/m0/s1. The van der Waals surface area contributed by atoms with Crippen LogP contribution in [0.25, 0.3) is 0 Å². The number of hydrogen-bond donors (Lipinski definition) is 0. The zero-order valence-corrected chi connectivity index (χ0v) is 14.2. The minimum Gasteiger partial charge on any atom is -0.459 e. The van der Waals surface area contributed by atoms with Crippen molar-refractivity contribution >= 4 is 29.2 Å². The maximum absolute atomic E-state index is 12.3. The van der Waals surface area contributed by atoms with Gasteiger partial charge in [-0.2, -0.15) is 0 Å². The monoisotopic (exact) mass is 329 g/mol. The van der Waals surface area contributed by atoms with Gasteiger partial charge in [-0.1, -0.05) is 29.3 Å². The molecular weight excluding hydrogens is 309 g/mol. The molecule has 0 aromatic heterocycles. The minimum atomic E-state index is -0.449. The molecule has 0 amide bonds. The second-order valence-electron chi connectivity index (χ2n) is 6.41. The van der Waals surface area contributed by atoms with E-state index in [1.165, 1.54) is 0 Å². The molecule has 0 aliphatic carbocycles. The van der Waals surface area contributed by atoms with Gasteiger partial charge in [-0.05, 0) is 57.9 Å². The van der Waals surface area contributed by atoms with Gasteiger partial charge in [0.25, 0.3) is 0 Å². The molecule has 1 atom stereocenters. The van der Waals surface area contributed by atoms with Crippen LogP contribution in [0.2, 0.25) is 10.0 Å². The second-order valence-corrected chi connectivity index (χ2v) is 7.22. The van der Waals surface area contributed by atoms with E-state index in [2.05, 4.69) is 4.90 Å². The molecule has 116 valence electrons. The van der Waals surface area contributed by atoms with Gasteiger partial charge in [-0.25, -0.2) is 0 Å². The van der Waals surface area contributed by atoms with Gasteiger partial charge >= 0.3 is 5.97 Å². The van der Waals surface area contributed by atoms with Crippen LogP contribution in [0.5, 0.6) is 0 Å². The summed E-state index contributed by atoms with van der Waals surface area (Å²) in [4.78, 5) is 14.4. The fraction of sp³-hybridized carbons (Fsp3) is 0.562. The number of ether oxygens (including phenoxy) is 1. The van der Waals surface area contributed by atoms with E-state index in [1.807, 2.05) is 32.9 Å².